The number of ether oxygens (including phenoxy) is 6. The number of nitrogens with two attached hydrogens (primary N) is 2. The minimum atomic E-state index is -4.14. The molecule has 34 nitrogen and oxygen atoms in total. The molecule has 0 bridgehead atoms. The third-order valence-electron chi connectivity index (χ3n) is 16.0. The van der Waals surface area contributed by atoms with Gasteiger partial charge in [-0.05, 0) is 50.4 Å². The first-order valence-corrected chi connectivity index (χ1v) is 44.9. The molecular formula is C62H146N10O24Si4. The van der Waals surface area contributed by atoms with Crippen LogP contribution in [0.4, 0.5) is 0 Å². The van der Waals surface area contributed by atoms with Gasteiger partial charge in [-0.25, -0.2) is 0 Å². The van der Waals surface area contributed by atoms with Crippen LogP contribution in [0.1, 0.15) is 105 Å². The summed E-state index contributed by atoms with van der Waals surface area (Å²) >= 11 is 0. The van der Waals surface area contributed by atoms with Crippen LogP contribution in [0.25, 0.3) is 0 Å². The molecule has 8 atom stereocenters. The van der Waals surface area contributed by atoms with Crippen LogP contribution in [0.5, 0.6) is 0 Å². The maximum atomic E-state index is 10.9. The van der Waals surface area contributed by atoms with Gasteiger partial charge in [0.05, 0.1) is 76.3 Å². The Hall–Kier alpha value is -0.492. The van der Waals surface area contributed by atoms with Crippen molar-refractivity contribution in [3.05, 3.63) is 0 Å². The van der Waals surface area contributed by atoms with Gasteiger partial charge < -0.3 is 149 Å². The van der Waals surface area contributed by atoms with E-state index in [0.29, 0.717) is 136 Å². The molecule has 0 saturated heterocycles. The van der Waals surface area contributed by atoms with Crippen molar-refractivity contribution < 1.29 is 117 Å². The molecule has 604 valence electrons. The molecule has 0 aliphatic heterocycles. The maximum absolute atomic E-state index is 10.9. The summed E-state index contributed by atoms with van der Waals surface area (Å²) in [4.78, 5) is 118. The zero-order valence-corrected chi connectivity index (χ0v) is 65.4. The molecule has 0 fully saturated rings. The molecule has 8 unspecified atom stereocenters. The minimum Gasteiger partial charge on any atom is -0.390 e. The average Bonchev–Trinajstić information content (AvgIpc) is 1.08. The molecule has 0 aliphatic carbocycles. The molecule has 0 rings (SSSR count). The topological polar surface area (TPSA) is 533 Å². The van der Waals surface area contributed by atoms with Crippen LogP contribution in [0, 0.1) is 11.8 Å². The van der Waals surface area contributed by atoms with Crippen LogP contribution in [-0.4, -0.2) is 403 Å². The molecule has 0 heterocycles. The summed E-state index contributed by atoms with van der Waals surface area (Å²) in [5.74, 6) is 0.962. The standard InChI is InChI=1S/2C31H73N5O12Si2/c1-3-5-8-28(4-2)24-48-27-31(39)22-35(13-9-32)14-10-33-11-15-36(23-30(38)26-47-18-7-20-50(43,44)45)16-12-34-21-29(37)25-46-17-6-19-49(40,41)42;1-3-5-8-28(4-2)24-48-27-31(39)23-36(22-30(38)26-47-18-7-20-50(43,44)45)16-15-35(14-13-34-12-11-33-10-9-32)21-29(37)25-46-17-6-19-49(40,41)42/h2*28-31,33-34,37-45H,3-27,32H2,1-2H3. The SMILES string of the molecule is CCCCC(CC)COCC(O)CN(CCN(CCNCCNCCN)CC(O)COCCC[Si](O)(O)O)CC(O)COCCC[Si](O)(O)O.CCCCC(CC)COCC(O)CN(CCN)CCNCCN(CCNCC(O)COCCC[Si](O)(O)O)CC(O)COCCC[Si](O)(O)O. The second-order valence-electron chi connectivity index (χ2n) is 26.3. The summed E-state index contributed by atoms with van der Waals surface area (Å²) in [7, 11) is -16.4. The summed E-state index contributed by atoms with van der Waals surface area (Å²) in [6.45, 7) is 22.8. The highest BCUT2D eigenvalue weighted by Gasteiger charge is 2.29. The van der Waals surface area contributed by atoms with Crippen molar-refractivity contribution in [2.45, 2.75) is 166 Å². The van der Waals surface area contributed by atoms with Gasteiger partial charge in [-0.15, -0.1) is 0 Å². The molecule has 0 aromatic rings. The van der Waals surface area contributed by atoms with E-state index in [1.807, 2.05) is 4.90 Å². The monoisotopic (exact) mass is 1530 g/mol. The van der Waals surface area contributed by atoms with Gasteiger partial charge in [-0.1, -0.05) is 66.2 Å². The molecule has 0 spiro atoms. The first-order valence-electron chi connectivity index (χ1n) is 36.7. The lowest BCUT2D eigenvalue weighted by molar-refractivity contribution is -0.0199. The molecule has 26 N–H and O–H groups in total. The molecule has 0 aromatic heterocycles. The van der Waals surface area contributed by atoms with E-state index < -0.39 is 71.8 Å². The van der Waals surface area contributed by atoms with E-state index in [4.69, 9.17) is 83.0 Å². The third kappa shape index (κ3) is 73.0. The molecule has 0 amide bonds. The van der Waals surface area contributed by atoms with Crippen molar-refractivity contribution in [2.75, 3.05) is 223 Å². The van der Waals surface area contributed by atoms with Crippen LogP contribution in [0.2, 0.25) is 24.2 Å². The van der Waals surface area contributed by atoms with E-state index in [1.165, 1.54) is 12.8 Å². The first kappa shape index (κ1) is 102. The van der Waals surface area contributed by atoms with E-state index in [0.717, 1.165) is 58.2 Å². The van der Waals surface area contributed by atoms with E-state index in [2.05, 4.69) is 63.7 Å². The molecule has 0 radical (unpaired) electrons. The van der Waals surface area contributed by atoms with E-state index in [9.17, 15) is 45.0 Å². The Morgan fingerprint density at radius 2 is 0.600 bits per heavy atom. The van der Waals surface area contributed by atoms with Gasteiger partial charge in [0.1, 0.15) is 0 Å². The maximum Gasteiger partial charge on any atom is 0.492 e. The number of hydrogen-bond donors (Lipinski definition) is 24. The fourth-order valence-electron chi connectivity index (χ4n) is 10.4. The van der Waals surface area contributed by atoms with Crippen molar-refractivity contribution in [3.63, 3.8) is 0 Å². The Balaban J connectivity index is 0. The predicted molar refractivity (Wildman–Crippen MR) is 390 cm³/mol. The molecule has 0 aliphatic rings. The highest BCUT2D eigenvalue weighted by molar-refractivity contribution is 6.57. The van der Waals surface area contributed by atoms with Gasteiger partial charge in [0.2, 0.25) is 0 Å². The Bertz CT molecular complexity index is 1760. The summed E-state index contributed by atoms with van der Waals surface area (Å²) in [5.41, 5.74) is 11.3. The first-order chi connectivity index (χ1) is 47.4. The second-order valence-corrected chi connectivity index (χ2v) is 34.5. The smallest absolute Gasteiger partial charge is 0.390 e. The number of rotatable bonds is 74. The van der Waals surface area contributed by atoms with Gasteiger partial charge in [-0.3, -0.25) is 19.6 Å². The molecule has 100 heavy (non-hydrogen) atoms. The van der Waals surface area contributed by atoms with Crippen LogP contribution >= 0.6 is 0 Å². The van der Waals surface area contributed by atoms with Gasteiger partial charge in [0, 0.05) is 208 Å². The highest BCUT2D eigenvalue weighted by Crippen LogP contribution is 2.15. The Morgan fingerprint density at radius 3 is 0.930 bits per heavy atom. The quantitative estimate of drug-likeness (QED) is 0.0199. The molecule has 38 heteroatoms. The van der Waals surface area contributed by atoms with Gasteiger partial charge >= 0.3 is 35.2 Å². The lowest BCUT2D eigenvalue weighted by atomic mass is 10.0. The Morgan fingerprint density at radius 1 is 0.310 bits per heavy atom. The lowest BCUT2D eigenvalue weighted by Gasteiger charge is -2.31. The summed E-state index contributed by atoms with van der Waals surface area (Å²) in [5, 5.41) is 76.9. The normalized spacial score (nSPS) is 15.2. The zero-order valence-electron chi connectivity index (χ0n) is 61.4. The number of aliphatic hydroxyl groups excluding tert-OH is 6. The lowest BCUT2D eigenvalue weighted by Crippen LogP contribution is -2.47. The number of aliphatic hydroxyl groups is 6. The fourth-order valence-corrected chi connectivity index (χ4v) is 12.8. The molecule has 0 saturated carbocycles. The van der Waals surface area contributed by atoms with Crippen LogP contribution in [0.15, 0.2) is 0 Å². The van der Waals surface area contributed by atoms with Gasteiger partial charge in [0.25, 0.3) is 0 Å². The number of unbranched alkanes of at least 4 members (excludes halogenated alkanes) is 2. The third-order valence-corrected chi connectivity index (χ3v) is 20.1. The largest absolute Gasteiger partial charge is 0.492 e. The second kappa shape index (κ2) is 65.6. The van der Waals surface area contributed by atoms with Crippen molar-refractivity contribution in [1.29, 1.82) is 0 Å². The summed E-state index contributed by atoms with van der Waals surface area (Å²) < 4.78 is 33.5. The van der Waals surface area contributed by atoms with Gasteiger partial charge in [0.15, 0.2) is 0 Å². The van der Waals surface area contributed by atoms with Crippen molar-refractivity contribution in [1.82, 2.24) is 40.9 Å². The van der Waals surface area contributed by atoms with Crippen LogP contribution < -0.4 is 32.7 Å². The van der Waals surface area contributed by atoms with Gasteiger partial charge in [-0.2, -0.15) is 0 Å². The van der Waals surface area contributed by atoms with Crippen LogP contribution in [-0.2, 0) is 28.4 Å². The summed E-state index contributed by atoms with van der Waals surface area (Å²) in [6, 6.07) is -0.546. The zero-order chi connectivity index (χ0) is 75.4. The Kier molecular flexibility index (Phi) is 66.6. The van der Waals surface area contributed by atoms with Crippen molar-refractivity contribution in [3.8, 4) is 0 Å². The number of nitrogens with one attached hydrogen (secondary N) is 4. The minimum absolute atomic E-state index is 0.0100. The fraction of sp³-hybridized carbons (Fsp3) is 1.00. The Labute approximate surface area is 602 Å². The van der Waals surface area contributed by atoms with Crippen molar-refractivity contribution >= 4 is 35.2 Å². The average molecular weight is 1530 g/mol. The number of nitrogens with zero attached hydrogens (tertiary/aromatic N) is 4. The number of hydrogen-bond acceptors (Lipinski definition) is 34. The van der Waals surface area contributed by atoms with E-state index in [1.54, 1.807) is 0 Å². The molecule has 0 aromatic carbocycles. The van der Waals surface area contributed by atoms with Crippen LogP contribution in [0.3, 0.4) is 0 Å². The summed E-state index contributed by atoms with van der Waals surface area (Å²) in [6.07, 6.45) is 5.27. The highest BCUT2D eigenvalue weighted by atomic mass is 28.4. The predicted octanol–water partition coefficient (Wildman–Crippen LogP) is -6.62. The molecular weight excluding hydrogens is 1380 g/mol. The van der Waals surface area contributed by atoms with E-state index >= 15 is 0 Å². The van der Waals surface area contributed by atoms with E-state index in [-0.39, 0.29) is 129 Å². The van der Waals surface area contributed by atoms with Crippen molar-refractivity contribution in [2.24, 2.45) is 23.3 Å².